The van der Waals surface area contributed by atoms with Gasteiger partial charge in [0.25, 0.3) is 0 Å². The highest BCUT2D eigenvalue weighted by Gasteiger charge is 2.11. The second-order valence-electron chi connectivity index (χ2n) is 4.75. The molecule has 2 nitrogen and oxygen atoms in total. The van der Waals surface area contributed by atoms with Gasteiger partial charge in [0.15, 0.2) is 4.34 Å². The molecular formula is C16H15FN2S2. The zero-order valence-electron chi connectivity index (χ0n) is 11.8. The van der Waals surface area contributed by atoms with Crippen LogP contribution in [0.4, 0.5) is 4.39 Å². The summed E-state index contributed by atoms with van der Waals surface area (Å²) >= 11 is 2.97. The van der Waals surface area contributed by atoms with Crippen molar-refractivity contribution in [1.29, 1.82) is 0 Å². The number of fused-ring (bicyclic) bond motifs is 1. The Bertz CT molecular complexity index is 737. The average Bonchev–Trinajstić information content (AvgIpc) is 2.90. The Morgan fingerprint density at radius 3 is 2.76 bits per heavy atom. The number of aromatic nitrogens is 1. The average molecular weight is 318 g/mol. The van der Waals surface area contributed by atoms with Crippen molar-refractivity contribution in [2.45, 2.75) is 22.2 Å². The Labute approximate surface area is 131 Å². The molecule has 1 unspecified atom stereocenters. The van der Waals surface area contributed by atoms with Gasteiger partial charge >= 0.3 is 0 Å². The third-order valence-corrected chi connectivity index (χ3v) is 5.51. The maximum absolute atomic E-state index is 14.2. The second-order valence-corrected chi connectivity index (χ2v) is 7.07. The van der Waals surface area contributed by atoms with Gasteiger partial charge in [-0.2, -0.15) is 0 Å². The van der Waals surface area contributed by atoms with Gasteiger partial charge in [-0.25, -0.2) is 9.37 Å². The number of hydrogen-bond donors (Lipinski definition) is 1. The molecule has 3 aromatic rings. The van der Waals surface area contributed by atoms with E-state index in [4.69, 9.17) is 0 Å². The zero-order chi connectivity index (χ0) is 14.8. The molecule has 0 radical (unpaired) electrons. The Morgan fingerprint density at radius 1 is 1.24 bits per heavy atom. The zero-order valence-corrected chi connectivity index (χ0v) is 13.4. The number of thiazole rings is 1. The smallest absolute Gasteiger partial charge is 0.156 e. The van der Waals surface area contributed by atoms with E-state index >= 15 is 0 Å². The summed E-state index contributed by atoms with van der Waals surface area (Å²) in [5.41, 5.74) is 1.91. The number of benzene rings is 2. The van der Waals surface area contributed by atoms with Crippen molar-refractivity contribution in [3.05, 3.63) is 53.8 Å². The molecule has 0 aliphatic carbocycles. The monoisotopic (exact) mass is 318 g/mol. The third kappa shape index (κ3) is 3.10. The van der Waals surface area contributed by atoms with Crippen molar-refractivity contribution in [1.82, 2.24) is 10.3 Å². The fraction of sp³-hybridized carbons (Fsp3) is 0.188. The van der Waals surface area contributed by atoms with Crippen molar-refractivity contribution in [2.24, 2.45) is 0 Å². The second kappa shape index (κ2) is 6.13. The van der Waals surface area contributed by atoms with Crippen LogP contribution in [-0.4, -0.2) is 12.0 Å². The van der Waals surface area contributed by atoms with Crippen LogP contribution in [0.2, 0.25) is 0 Å². The molecule has 1 atom stereocenters. The van der Waals surface area contributed by atoms with Crippen molar-refractivity contribution in [3.63, 3.8) is 0 Å². The minimum atomic E-state index is -0.196. The van der Waals surface area contributed by atoms with Crippen LogP contribution in [0.5, 0.6) is 0 Å². The third-order valence-electron chi connectivity index (χ3n) is 3.36. The maximum Gasteiger partial charge on any atom is 0.156 e. The van der Waals surface area contributed by atoms with Gasteiger partial charge in [0, 0.05) is 6.04 Å². The van der Waals surface area contributed by atoms with E-state index < -0.39 is 0 Å². The van der Waals surface area contributed by atoms with Crippen molar-refractivity contribution in [2.75, 3.05) is 7.05 Å². The minimum Gasteiger partial charge on any atom is -0.313 e. The van der Waals surface area contributed by atoms with Crippen molar-refractivity contribution in [3.8, 4) is 0 Å². The highest BCUT2D eigenvalue weighted by Crippen LogP contribution is 2.36. The van der Waals surface area contributed by atoms with E-state index in [1.54, 1.807) is 17.4 Å². The molecule has 1 aromatic heterocycles. The molecule has 0 saturated heterocycles. The Hall–Kier alpha value is -1.43. The molecule has 0 amide bonds. The van der Waals surface area contributed by atoms with Crippen molar-refractivity contribution < 1.29 is 4.39 Å². The van der Waals surface area contributed by atoms with E-state index in [2.05, 4.69) is 10.3 Å². The fourth-order valence-corrected chi connectivity index (χ4v) is 4.05. The lowest BCUT2D eigenvalue weighted by Crippen LogP contribution is -2.12. The van der Waals surface area contributed by atoms with Gasteiger partial charge in [-0.3, -0.25) is 0 Å². The predicted octanol–water partition coefficient (Wildman–Crippen LogP) is 4.87. The largest absolute Gasteiger partial charge is 0.313 e. The van der Waals surface area contributed by atoms with E-state index in [0.717, 1.165) is 20.1 Å². The van der Waals surface area contributed by atoms with Gasteiger partial charge in [-0.15, -0.1) is 11.3 Å². The molecule has 5 heteroatoms. The maximum atomic E-state index is 14.2. The van der Waals surface area contributed by atoms with Crippen LogP contribution in [0, 0.1) is 5.82 Å². The molecule has 2 aromatic carbocycles. The first-order chi connectivity index (χ1) is 10.2. The SMILES string of the molecule is CNC(C)c1ccc(Sc2nc3ccccc3s2)c(F)c1. The van der Waals surface area contributed by atoms with Crippen molar-refractivity contribution >= 4 is 33.3 Å². The quantitative estimate of drug-likeness (QED) is 0.743. The summed E-state index contributed by atoms with van der Waals surface area (Å²) in [6.07, 6.45) is 0. The number of hydrogen-bond acceptors (Lipinski definition) is 4. The van der Waals surface area contributed by atoms with E-state index in [9.17, 15) is 4.39 Å². The molecule has 0 aliphatic rings. The highest BCUT2D eigenvalue weighted by molar-refractivity contribution is 8.01. The topological polar surface area (TPSA) is 24.9 Å². The van der Waals surface area contributed by atoms with Crippen LogP contribution < -0.4 is 5.32 Å². The van der Waals surface area contributed by atoms with Gasteiger partial charge in [0.2, 0.25) is 0 Å². The van der Waals surface area contributed by atoms with Crippen LogP contribution in [0.25, 0.3) is 10.2 Å². The fourth-order valence-electron chi connectivity index (χ4n) is 2.02. The Kier molecular flexibility index (Phi) is 4.24. The number of para-hydroxylation sites is 1. The summed E-state index contributed by atoms with van der Waals surface area (Å²) in [7, 11) is 1.87. The minimum absolute atomic E-state index is 0.140. The van der Waals surface area contributed by atoms with Crippen LogP contribution in [0.15, 0.2) is 51.7 Å². The van der Waals surface area contributed by atoms with Gasteiger partial charge in [-0.1, -0.05) is 30.0 Å². The molecule has 0 aliphatic heterocycles. The summed E-state index contributed by atoms with van der Waals surface area (Å²) in [6.45, 7) is 2.01. The molecule has 21 heavy (non-hydrogen) atoms. The normalized spacial score (nSPS) is 12.7. The Balaban J connectivity index is 1.87. The molecule has 0 bridgehead atoms. The molecule has 1 N–H and O–H groups in total. The molecule has 0 saturated carbocycles. The lowest BCUT2D eigenvalue weighted by atomic mass is 10.1. The van der Waals surface area contributed by atoms with Crippen LogP contribution in [0.3, 0.4) is 0 Å². The van der Waals surface area contributed by atoms with Crippen LogP contribution >= 0.6 is 23.1 Å². The van der Waals surface area contributed by atoms with Gasteiger partial charge in [0.1, 0.15) is 5.82 Å². The lowest BCUT2D eigenvalue weighted by Gasteiger charge is -2.11. The molecule has 108 valence electrons. The van der Waals surface area contributed by atoms with E-state index in [1.165, 1.54) is 11.8 Å². The predicted molar refractivity (Wildman–Crippen MR) is 87.6 cm³/mol. The van der Waals surface area contributed by atoms with E-state index in [1.807, 2.05) is 50.4 Å². The number of rotatable bonds is 4. The summed E-state index contributed by atoms with van der Waals surface area (Å²) < 4.78 is 16.2. The first kappa shape index (κ1) is 14.5. The summed E-state index contributed by atoms with van der Waals surface area (Å²) in [4.78, 5) is 5.14. The standard InChI is InChI=1S/C16H15FN2S2/c1-10(18-2)11-7-8-14(12(17)9-11)20-16-19-13-5-3-4-6-15(13)21-16/h3-10,18H,1-2H3. The first-order valence-electron chi connectivity index (χ1n) is 6.67. The lowest BCUT2D eigenvalue weighted by molar-refractivity contribution is 0.587. The van der Waals surface area contributed by atoms with Gasteiger partial charge in [0.05, 0.1) is 15.1 Å². The van der Waals surface area contributed by atoms with Crippen LogP contribution in [-0.2, 0) is 0 Å². The van der Waals surface area contributed by atoms with Crippen LogP contribution in [0.1, 0.15) is 18.5 Å². The molecule has 1 heterocycles. The number of halogens is 1. The number of nitrogens with one attached hydrogen (secondary N) is 1. The summed E-state index contributed by atoms with van der Waals surface area (Å²) in [5.74, 6) is -0.196. The van der Waals surface area contributed by atoms with Gasteiger partial charge < -0.3 is 5.32 Å². The molecule has 0 fully saturated rings. The first-order valence-corrected chi connectivity index (χ1v) is 8.31. The molecule has 0 spiro atoms. The highest BCUT2D eigenvalue weighted by atomic mass is 32.2. The molecule has 3 rings (SSSR count). The number of nitrogens with zero attached hydrogens (tertiary/aromatic N) is 1. The summed E-state index contributed by atoms with van der Waals surface area (Å²) in [5, 5.41) is 3.11. The van der Waals surface area contributed by atoms with E-state index in [-0.39, 0.29) is 11.9 Å². The summed E-state index contributed by atoms with van der Waals surface area (Å²) in [6, 6.07) is 13.5. The molecular weight excluding hydrogens is 303 g/mol. The Morgan fingerprint density at radius 2 is 2.05 bits per heavy atom. The van der Waals surface area contributed by atoms with E-state index in [0.29, 0.717) is 4.90 Å². The van der Waals surface area contributed by atoms with Gasteiger partial charge in [-0.05, 0) is 43.8 Å².